The highest BCUT2D eigenvalue weighted by atomic mass is 35.5. The Bertz CT molecular complexity index is 763. The van der Waals surface area contributed by atoms with Crippen LogP contribution in [0, 0.1) is 6.92 Å². The zero-order valence-electron chi connectivity index (χ0n) is 9.77. The molecule has 0 fully saturated rings. The number of rotatable bonds is 2. The van der Waals surface area contributed by atoms with Gasteiger partial charge in [0, 0.05) is 0 Å². The molecule has 96 valence electrons. The Hall–Kier alpha value is -2.41. The normalized spacial score (nSPS) is 10.8. The van der Waals surface area contributed by atoms with E-state index < -0.39 is 0 Å². The SMILES string of the molecule is Cc1cc(C(=O)Nc2nc(Cl)c3[nH]cnc3n2)co1. The minimum atomic E-state index is -0.372. The number of carbonyl (C=O) groups is 1. The molecule has 3 aromatic heterocycles. The average Bonchev–Trinajstić information content (AvgIpc) is 2.97. The minimum absolute atomic E-state index is 0.0912. The third-order valence-corrected chi connectivity index (χ3v) is 2.73. The number of carbonyl (C=O) groups excluding carboxylic acids is 1. The summed E-state index contributed by atoms with van der Waals surface area (Å²) in [5.74, 6) is 0.364. The maximum atomic E-state index is 11.9. The number of furan rings is 1. The Morgan fingerprint density at radius 1 is 1.47 bits per heavy atom. The van der Waals surface area contributed by atoms with Crippen LogP contribution in [-0.2, 0) is 0 Å². The summed E-state index contributed by atoms with van der Waals surface area (Å²) in [5, 5.41) is 2.73. The van der Waals surface area contributed by atoms with Crippen molar-refractivity contribution in [1.29, 1.82) is 0 Å². The van der Waals surface area contributed by atoms with Gasteiger partial charge in [-0.3, -0.25) is 10.1 Å². The molecule has 2 N–H and O–H groups in total. The van der Waals surface area contributed by atoms with E-state index in [4.69, 9.17) is 16.0 Å². The predicted molar refractivity (Wildman–Crippen MR) is 68.1 cm³/mol. The van der Waals surface area contributed by atoms with Gasteiger partial charge in [0.05, 0.1) is 11.9 Å². The first-order chi connectivity index (χ1) is 9.13. The second-order valence-electron chi connectivity index (χ2n) is 3.84. The van der Waals surface area contributed by atoms with E-state index in [2.05, 4.69) is 25.3 Å². The van der Waals surface area contributed by atoms with Gasteiger partial charge >= 0.3 is 0 Å². The number of aromatic amines is 1. The van der Waals surface area contributed by atoms with Gasteiger partial charge in [0.2, 0.25) is 5.95 Å². The van der Waals surface area contributed by atoms with Crippen molar-refractivity contribution in [3.05, 3.63) is 35.1 Å². The van der Waals surface area contributed by atoms with Crippen LogP contribution in [0.15, 0.2) is 23.1 Å². The fourth-order valence-corrected chi connectivity index (χ4v) is 1.81. The number of amides is 1. The van der Waals surface area contributed by atoms with Crippen LogP contribution < -0.4 is 5.32 Å². The summed E-state index contributed by atoms with van der Waals surface area (Å²) in [6.45, 7) is 1.75. The molecule has 3 heterocycles. The van der Waals surface area contributed by atoms with Gasteiger partial charge in [-0.1, -0.05) is 11.6 Å². The van der Waals surface area contributed by atoms with E-state index >= 15 is 0 Å². The lowest BCUT2D eigenvalue weighted by atomic mass is 10.3. The molecule has 0 aliphatic rings. The molecule has 8 heteroatoms. The Balaban J connectivity index is 1.90. The summed E-state index contributed by atoms with van der Waals surface area (Å²) in [5.41, 5.74) is 1.30. The van der Waals surface area contributed by atoms with Gasteiger partial charge in [-0.15, -0.1) is 0 Å². The van der Waals surface area contributed by atoms with Crippen molar-refractivity contribution < 1.29 is 9.21 Å². The molecular weight excluding hydrogens is 270 g/mol. The number of halogens is 1. The maximum Gasteiger partial charge on any atom is 0.261 e. The van der Waals surface area contributed by atoms with Crippen molar-refractivity contribution >= 4 is 34.6 Å². The molecule has 0 aliphatic heterocycles. The number of H-pyrrole nitrogens is 1. The van der Waals surface area contributed by atoms with Gasteiger partial charge in [0.1, 0.15) is 17.5 Å². The zero-order valence-corrected chi connectivity index (χ0v) is 10.5. The summed E-state index contributed by atoms with van der Waals surface area (Å²) >= 11 is 5.94. The number of aryl methyl sites for hydroxylation is 1. The van der Waals surface area contributed by atoms with E-state index in [1.54, 1.807) is 13.0 Å². The standard InChI is InChI=1S/C11H8ClN5O2/c1-5-2-6(3-19-5)10(18)17-11-15-8(12)7-9(16-11)14-4-13-7/h2-4H,1H3,(H2,13,14,15,16,17,18). The van der Waals surface area contributed by atoms with E-state index in [-0.39, 0.29) is 17.0 Å². The Kier molecular flexibility index (Phi) is 2.68. The molecular formula is C11H8ClN5O2. The molecule has 7 nitrogen and oxygen atoms in total. The van der Waals surface area contributed by atoms with Gasteiger partial charge in [-0.2, -0.15) is 9.97 Å². The van der Waals surface area contributed by atoms with Crippen molar-refractivity contribution in [3.8, 4) is 0 Å². The lowest BCUT2D eigenvalue weighted by Gasteiger charge is -2.02. The molecule has 0 aliphatic carbocycles. The van der Waals surface area contributed by atoms with E-state index in [1.807, 2.05) is 0 Å². The van der Waals surface area contributed by atoms with E-state index in [0.29, 0.717) is 22.5 Å². The first-order valence-corrected chi connectivity index (χ1v) is 5.74. The maximum absolute atomic E-state index is 11.9. The summed E-state index contributed by atoms with van der Waals surface area (Å²) < 4.78 is 5.06. The molecule has 3 aromatic rings. The smallest absolute Gasteiger partial charge is 0.261 e. The molecule has 0 spiro atoms. The molecule has 0 bridgehead atoms. The second-order valence-corrected chi connectivity index (χ2v) is 4.20. The first-order valence-electron chi connectivity index (χ1n) is 5.36. The number of nitrogens with one attached hydrogen (secondary N) is 2. The van der Waals surface area contributed by atoms with Crippen LogP contribution in [0.1, 0.15) is 16.1 Å². The fraction of sp³-hybridized carbons (Fsp3) is 0.0909. The molecule has 19 heavy (non-hydrogen) atoms. The minimum Gasteiger partial charge on any atom is -0.469 e. The number of hydrogen-bond acceptors (Lipinski definition) is 5. The number of anilines is 1. The van der Waals surface area contributed by atoms with E-state index in [1.165, 1.54) is 12.6 Å². The molecule has 0 saturated heterocycles. The lowest BCUT2D eigenvalue weighted by molar-refractivity contribution is 0.102. The molecule has 0 radical (unpaired) electrons. The van der Waals surface area contributed by atoms with Gasteiger partial charge in [-0.25, -0.2) is 4.98 Å². The highest BCUT2D eigenvalue weighted by molar-refractivity contribution is 6.33. The van der Waals surface area contributed by atoms with Gasteiger partial charge < -0.3 is 9.40 Å². The van der Waals surface area contributed by atoms with Crippen LogP contribution in [-0.4, -0.2) is 25.8 Å². The highest BCUT2D eigenvalue weighted by Crippen LogP contribution is 2.18. The Morgan fingerprint density at radius 2 is 2.32 bits per heavy atom. The molecule has 1 amide bonds. The number of nitrogens with zero attached hydrogens (tertiary/aromatic N) is 3. The molecule has 0 saturated carbocycles. The number of imidazole rings is 1. The molecule has 0 unspecified atom stereocenters. The first kappa shape index (κ1) is 11.7. The summed E-state index contributed by atoms with van der Waals surface area (Å²) in [6.07, 6.45) is 2.82. The number of aromatic nitrogens is 4. The zero-order chi connectivity index (χ0) is 13.4. The number of hydrogen-bond donors (Lipinski definition) is 2. The van der Waals surface area contributed by atoms with Gasteiger partial charge in [-0.05, 0) is 13.0 Å². The average molecular weight is 278 g/mol. The predicted octanol–water partition coefficient (Wildman–Crippen LogP) is 2.16. The molecule has 0 aromatic carbocycles. The fourth-order valence-electron chi connectivity index (χ4n) is 1.59. The summed E-state index contributed by atoms with van der Waals surface area (Å²) in [4.78, 5) is 26.7. The lowest BCUT2D eigenvalue weighted by Crippen LogP contribution is -2.13. The van der Waals surface area contributed by atoms with Crippen molar-refractivity contribution in [1.82, 2.24) is 19.9 Å². The number of fused-ring (bicyclic) bond motifs is 1. The molecule has 0 atom stereocenters. The second kappa shape index (κ2) is 4.36. The van der Waals surface area contributed by atoms with Crippen molar-refractivity contribution in [2.24, 2.45) is 0 Å². The van der Waals surface area contributed by atoms with Crippen LogP contribution in [0.25, 0.3) is 11.2 Å². The van der Waals surface area contributed by atoms with Crippen LogP contribution in [0.3, 0.4) is 0 Å². The van der Waals surface area contributed by atoms with Gasteiger partial charge in [0.25, 0.3) is 5.91 Å². The largest absolute Gasteiger partial charge is 0.469 e. The van der Waals surface area contributed by atoms with Crippen molar-refractivity contribution in [3.63, 3.8) is 0 Å². The van der Waals surface area contributed by atoms with Crippen LogP contribution >= 0.6 is 11.6 Å². The third-order valence-electron chi connectivity index (χ3n) is 2.46. The van der Waals surface area contributed by atoms with Crippen molar-refractivity contribution in [2.75, 3.05) is 5.32 Å². The van der Waals surface area contributed by atoms with E-state index in [0.717, 1.165) is 0 Å². The third kappa shape index (κ3) is 2.15. The van der Waals surface area contributed by atoms with Crippen LogP contribution in [0.5, 0.6) is 0 Å². The summed E-state index contributed by atoms with van der Waals surface area (Å²) in [6, 6.07) is 1.62. The Morgan fingerprint density at radius 3 is 3.05 bits per heavy atom. The van der Waals surface area contributed by atoms with Crippen molar-refractivity contribution in [2.45, 2.75) is 6.92 Å². The van der Waals surface area contributed by atoms with Crippen LogP contribution in [0.4, 0.5) is 5.95 Å². The quantitative estimate of drug-likeness (QED) is 0.700. The monoisotopic (exact) mass is 277 g/mol. The van der Waals surface area contributed by atoms with Gasteiger partial charge in [0.15, 0.2) is 10.8 Å². The van der Waals surface area contributed by atoms with E-state index in [9.17, 15) is 4.79 Å². The summed E-state index contributed by atoms with van der Waals surface area (Å²) in [7, 11) is 0. The Labute approximate surface area is 112 Å². The molecule has 3 rings (SSSR count). The highest BCUT2D eigenvalue weighted by Gasteiger charge is 2.13. The topological polar surface area (TPSA) is 96.7 Å². The van der Waals surface area contributed by atoms with Crippen LogP contribution in [0.2, 0.25) is 5.15 Å².